The second-order valence-electron chi connectivity index (χ2n) is 4.86. The van der Waals surface area contributed by atoms with Crippen LogP contribution in [0.3, 0.4) is 0 Å². The second-order valence-corrected chi connectivity index (χ2v) is 6.61. The van der Waals surface area contributed by atoms with Gasteiger partial charge >= 0.3 is 0 Å². The van der Waals surface area contributed by atoms with Gasteiger partial charge in [-0.2, -0.15) is 0 Å². The van der Waals surface area contributed by atoms with Gasteiger partial charge in [0, 0.05) is 11.6 Å². The van der Waals surface area contributed by atoms with Crippen LogP contribution in [0, 0.1) is 12.3 Å². The molecule has 1 atom stereocenters. The monoisotopic (exact) mass is 335 g/mol. The fourth-order valence-corrected chi connectivity index (χ4v) is 3.24. The van der Waals surface area contributed by atoms with Gasteiger partial charge in [-0.3, -0.25) is 4.79 Å². The summed E-state index contributed by atoms with van der Waals surface area (Å²) in [5.41, 5.74) is 1.88. The highest BCUT2D eigenvalue weighted by Crippen LogP contribution is 2.29. The zero-order chi connectivity index (χ0) is 16.1. The van der Waals surface area contributed by atoms with Crippen LogP contribution in [-0.2, 0) is 11.3 Å². The molecule has 22 heavy (non-hydrogen) atoms. The third kappa shape index (κ3) is 3.76. The lowest BCUT2D eigenvalue weighted by Crippen LogP contribution is -2.31. The van der Waals surface area contributed by atoms with Crippen LogP contribution in [0.15, 0.2) is 23.4 Å². The molecule has 0 radical (unpaired) electrons. The molecule has 0 aliphatic carbocycles. The normalized spacial score (nSPS) is 12.1. The quantitative estimate of drug-likeness (QED) is 0.650. The summed E-state index contributed by atoms with van der Waals surface area (Å²) in [6.07, 6.45) is 6.14. The average molecular weight is 336 g/mol. The number of hydrogen-bond donors (Lipinski definition) is 1. The number of terminal acetylenes is 1. The molecule has 1 aromatic carbocycles. The van der Waals surface area contributed by atoms with Gasteiger partial charge in [0.1, 0.15) is 0 Å². The summed E-state index contributed by atoms with van der Waals surface area (Å²) >= 11 is 7.46. The maximum atomic E-state index is 12.0. The van der Waals surface area contributed by atoms with Crippen LogP contribution in [0.2, 0.25) is 5.02 Å². The first-order chi connectivity index (χ1) is 10.6. The van der Waals surface area contributed by atoms with Crippen LogP contribution in [0.5, 0.6) is 0 Å². The van der Waals surface area contributed by atoms with Crippen molar-refractivity contribution in [1.82, 2.24) is 14.9 Å². The highest BCUT2D eigenvalue weighted by Gasteiger charge is 2.19. The molecule has 2 aromatic rings. The van der Waals surface area contributed by atoms with Crippen molar-refractivity contribution in [1.29, 1.82) is 0 Å². The van der Waals surface area contributed by atoms with Crippen LogP contribution in [0.25, 0.3) is 11.0 Å². The highest BCUT2D eigenvalue weighted by atomic mass is 35.5. The number of fused-ring (bicyclic) bond motifs is 1. The summed E-state index contributed by atoms with van der Waals surface area (Å²) in [6, 6.07) is 5.67. The van der Waals surface area contributed by atoms with E-state index in [2.05, 4.69) is 27.7 Å². The van der Waals surface area contributed by atoms with E-state index in [1.54, 1.807) is 0 Å². The Morgan fingerprint density at radius 2 is 2.36 bits per heavy atom. The van der Waals surface area contributed by atoms with Crippen LogP contribution in [0.1, 0.15) is 20.3 Å². The smallest absolute Gasteiger partial charge is 0.234 e. The Morgan fingerprint density at radius 3 is 3.05 bits per heavy atom. The Bertz CT molecular complexity index is 720. The summed E-state index contributed by atoms with van der Waals surface area (Å²) < 4.78 is 2.13. The van der Waals surface area contributed by atoms with E-state index in [0.29, 0.717) is 5.02 Å². The maximum absolute atomic E-state index is 12.0. The van der Waals surface area contributed by atoms with Crippen molar-refractivity contribution < 1.29 is 4.79 Å². The molecule has 0 aliphatic heterocycles. The number of rotatable bonds is 6. The van der Waals surface area contributed by atoms with E-state index >= 15 is 0 Å². The van der Waals surface area contributed by atoms with Crippen LogP contribution in [0.4, 0.5) is 0 Å². The molecule has 0 saturated carbocycles. The zero-order valence-corrected chi connectivity index (χ0v) is 14.2. The van der Waals surface area contributed by atoms with Crippen molar-refractivity contribution in [3.63, 3.8) is 0 Å². The number of thioether (sulfide) groups is 1. The molecule has 116 valence electrons. The third-order valence-corrected chi connectivity index (χ3v) is 4.46. The minimum atomic E-state index is -0.267. The number of halogens is 1. The standard InChI is InChI=1S/C16H18ClN3OS/c1-4-8-18-15(21)11(3)22-16-19-13-10-12(17)6-7-14(13)20(16)9-5-2/h1,6-7,10-11H,5,8-9H2,2-3H3,(H,18,21). The highest BCUT2D eigenvalue weighted by molar-refractivity contribution is 8.00. The number of hydrogen-bond acceptors (Lipinski definition) is 3. The Balaban J connectivity index is 2.28. The summed E-state index contributed by atoms with van der Waals surface area (Å²) in [4.78, 5) is 16.6. The topological polar surface area (TPSA) is 46.9 Å². The molecular weight excluding hydrogens is 318 g/mol. The van der Waals surface area contributed by atoms with Gasteiger partial charge in [-0.05, 0) is 31.5 Å². The molecule has 1 unspecified atom stereocenters. The zero-order valence-electron chi connectivity index (χ0n) is 12.6. The molecule has 6 heteroatoms. The SMILES string of the molecule is C#CCNC(=O)C(C)Sc1nc2cc(Cl)ccc2n1CCC. The molecule has 0 fully saturated rings. The first kappa shape index (κ1) is 16.7. The number of imidazole rings is 1. The number of nitrogens with one attached hydrogen (secondary N) is 1. The summed E-state index contributed by atoms with van der Waals surface area (Å²) in [6.45, 7) is 5.04. The predicted octanol–water partition coefficient (Wildman–Crippen LogP) is 3.33. The minimum Gasteiger partial charge on any atom is -0.344 e. The average Bonchev–Trinajstić information content (AvgIpc) is 2.81. The predicted molar refractivity (Wildman–Crippen MR) is 92.2 cm³/mol. The van der Waals surface area contributed by atoms with Crippen LogP contribution < -0.4 is 5.32 Å². The third-order valence-electron chi connectivity index (χ3n) is 3.14. The van der Waals surface area contributed by atoms with Crippen molar-refractivity contribution in [2.45, 2.75) is 37.2 Å². The van der Waals surface area contributed by atoms with Gasteiger partial charge in [-0.1, -0.05) is 36.2 Å². The molecular formula is C16H18ClN3OS. The van der Waals surface area contributed by atoms with Crippen molar-refractivity contribution in [3.8, 4) is 12.3 Å². The van der Waals surface area contributed by atoms with Gasteiger partial charge in [-0.25, -0.2) is 4.98 Å². The number of aromatic nitrogens is 2. The lowest BCUT2D eigenvalue weighted by atomic mass is 10.3. The number of nitrogens with zero attached hydrogens (tertiary/aromatic N) is 2. The van der Waals surface area contributed by atoms with Crippen LogP contribution in [-0.4, -0.2) is 27.3 Å². The Labute approximate surface area is 139 Å². The molecule has 2 rings (SSSR count). The van der Waals surface area contributed by atoms with Gasteiger partial charge in [0.05, 0.1) is 22.8 Å². The van der Waals surface area contributed by atoms with Gasteiger partial charge in [0.15, 0.2) is 5.16 Å². The summed E-state index contributed by atoms with van der Waals surface area (Å²) in [5.74, 6) is 2.31. The number of amides is 1. The maximum Gasteiger partial charge on any atom is 0.234 e. The van der Waals surface area contributed by atoms with E-state index in [0.717, 1.165) is 29.2 Å². The first-order valence-corrected chi connectivity index (χ1v) is 8.36. The summed E-state index contributed by atoms with van der Waals surface area (Å²) in [5, 5.41) is 3.90. The minimum absolute atomic E-state index is 0.0870. The Kier molecular flexibility index (Phi) is 5.76. The molecule has 1 N–H and O–H groups in total. The second kappa shape index (κ2) is 7.57. The molecule has 0 saturated heterocycles. The van der Waals surface area contributed by atoms with Gasteiger partial charge < -0.3 is 9.88 Å². The van der Waals surface area contributed by atoms with Crippen LogP contribution >= 0.6 is 23.4 Å². The van der Waals surface area contributed by atoms with E-state index in [1.807, 2.05) is 25.1 Å². The van der Waals surface area contributed by atoms with Crippen molar-refractivity contribution in [3.05, 3.63) is 23.2 Å². The molecule has 0 aliphatic rings. The molecule has 0 bridgehead atoms. The van der Waals surface area contributed by atoms with Gasteiger partial charge in [0.25, 0.3) is 0 Å². The van der Waals surface area contributed by atoms with Crippen molar-refractivity contribution in [2.75, 3.05) is 6.54 Å². The fraction of sp³-hybridized carbons (Fsp3) is 0.375. The molecule has 4 nitrogen and oxygen atoms in total. The molecule has 1 amide bonds. The molecule has 0 spiro atoms. The molecule has 1 aromatic heterocycles. The molecule has 1 heterocycles. The Morgan fingerprint density at radius 1 is 1.59 bits per heavy atom. The van der Waals surface area contributed by atoms with Gasteiger partial charge in [-0.15, -0.1) is 6.42 Å². The van der Waals surface area contributed by atoms with Crippen molar-refractivity contribution >= 4 is 40.3 Å². The number of carbonyl (C=O) groups is 1. The first-order valence-electron chi connectivity index (χ1n) is 7.10. The van der Waals surface area contributed by atoms with Crippen molar-refractivity contribution in [2.24, 2.45) is 0 Å². The fourth-order valence-electron chi connectivity index (χ4n) is 2.10. The number of carbonyl (C=O) groups excluding carboxylic acids is 1. The van der Waals surface area contributed by atoms with E-state index in [-0.39, 0.29) is 17.7 Å². The van der Waals surface area contributed by atoms with E-state index in [4.69, 9.17) is 18.0 Å². The van der Waals surface area contributed by atoms with E-state index < -0.39 is 0 Å². The number of benzene rings is 1. The van der Waals surface area contributed by atoms with Gasteiger partial charge in [0.2, 0.25) is 5.91 Å². The Hall–Kier alpha value is -1.64. The largest absolute Gasteiger partial charge is 0.344 e. The van der Waals surface area contributed by atoms with E-state index in [9.17, 15) is 4.79 Å². The lowest BCUT2D eigenvalue weighted by molar-refractivity contribution is -0.120. The number of aryl methyl sites for hydroxylation is 1. The van der Waals surface area contributed by atoms with E-state index in [1.165, 1.54) is 11.8 Å². The lowest BCUT2D eigenvalue weighted by Gasteiger charge is -2.12. The summed E-state index contributed by atoms with van der Waals surface area (Å²) in [7, 11) is 0.